The number of aryl methyl sites for hydroxylation is 1. The molecule has 4 rings (SSSR count). The lowest BCUT2D eigenvalue weighted by molar-refractivity contribution is 0.0730. The molecule has 0 unspecified atom stereocenters. The van der Waals surface area contributed by atoms with E-state index in [2.05, 4.69) is 16.4 Å². The zero-order chi connectivity index (χ0) is 20.4. The van der Waals surface area contributed by atoms with Gasteiger partial charge in [-0.25, -0.2) is 13.4 Å². The number of morpholine rings is 1. The number of rotatable bonds is 6. The first-order chi connectivity index (χ1) is 13.9. The zero-order valence-corrected chi connectivity index (χ0v) is 17.6. The topological polar surface area (TPSA) is 88.6 Å². The zero-order valence-electron chi connectivity index (χ0n) is 15.9. The average Bonchev–Trinajstić information content (AvgIpc) is 3.14. The molecule has 29 heavy (non-hydrogen) atoms. The molecule has 1 aliphatic rings. The Bertz CT molecular complexity index is 1130. The van der Waals surface area contributed by atoms with E-state index in [-0.39, 0.29) is 17.2 Å². The highest BCUT2D eigenvalue weighted by atomic mass is 32.2. The quantitative estimate of drug-likeness (QED) is 0.604. The van der Waals surface area contributed by atoms with Crippen molar-refractivity contribution in [3.05, 3.63) is 53.6 Å². The average molecular weight is 432 g/mol. The van der Waals surface area contributed by atoms with Gasteiger partial charge in [-0.05, 0) is 48.9 Å². The molecule has 0 amide bonds. The number of ether oxygens (including phenoxy) is 1. The normalized spacial score (nSPS) is 15.5. The monoisotopic (exact) mass is 431 g/mol. The molecule has 2 aromatic carbocycles. The van der Waals surface area contributed by atoms with Crippen LogP contribution in [0.3, 0.4) is 0 Å². The number of nitrogens with one attached hydrogen (secondary N) is 1. The highest BCUT2D eigenvalue weighted by Crippen LogP contribution is 2.26. The van der Waals surface area contributed by atoms with Crippen molar-refractivity contribution in [3.8, 4) is 0 Å². The van der Waals surface area contributed by atoms with Crippen LogP contribution in [0, 0.1) is 6.92 Å². The number of nitrogens with zero attached hydrogens (tertiary/aromatic N) is 2. The number of carbonyl (C=O) groups excluding carboxylic acids is 1. The van der Waals surface area contributed by atoms with E-state index in [0.717, 1.165) is 15.8 Å². The third-order valence-electron chi connectivity index (χ3n) is 4.73. The number of thiazole rings is 1. The molecule has 1 fully saturated rings. The van der Waals surface area contributed by atoms with Gasteiger partial charge in [0.15, 0.2) is 10.9 Å². The maximum absolute atomic E-state index is 12.7. The Kier molecular flexibility index (Phi) is 5.64. The van der Waals surface area contributed by atoms with Gasteiger partial charge in [0.25, 0.3) is 0 Å². The Labute approximate surface area is 173 Å². The van der Waals surface area contributed by atoms with E-state index in [1.165, 1.54) is 27.8 Å². The van der Waals surface area contributed by atoms with Gasteiger partial charge < -0.3 is 10.1 Å². The molecule has 1 aromatic heterocycles. The first-order valence-electron chi connectivity index (χ1n) is 9.26. The number of hydrogen-bond acceptors (Lipinski definition) is 7. The first kappa shape index (κ1) is 20.0. The van der Waals surface area contributed by atoms with Crippen molar-refractivity contribution in [2.24, 2.45) is 0 Å². The van der Waals surface area contributed by atoms with E-state index in [1.54, 1.807) is 12.1 Å². The smallest absolute Gasteiger partial charge is 0.243 e. The van der Waals surface area contributed by atoms with E-state index in [0.29, 0.717) is 37.0 Å². The second-order valence-electron chi connectivity index (χ2n) is 6.81. The highest BCUT2D eigenvalue weighted by Gasteiger charge is 2.26. The summed E-state index contributed by atoms with van der Waals surface area (Å²) in [6, 6.07) is 12.1. The summed E-state index contributed by atoms with van der Waals surface area (Å²) >= 11 is 1.50. The molecule has 0 saturated carbocycles. The van der Waals surface area contributed by atoms with Gasteiger partial charge in [-0.2, -0.15) is 4.31 Å². The fourth-order valence-corrected chi connectivity index (χ4v) is 5.48. The van der Waals surface area contributed by atoms with Crippen molar-refractivity contribution in [1.82, 2.24) is 9.29 Å². The van der Waals surface area contributed by atoms with Gasteiger partial charge in [0, 0.05) is 18.7 Å². The summed E-state index contributed by atoms with van der Waals surface area (Å²) in [4.78, 5) is 17.2. The van der Waals surface area contributed by atoms with Crippen molar-refractivity contribution in [3.63, 3.8) is 0 Å². The van der Waals surface area contributed by atoms with Crippen LogP contribution >= 0.6 is 11.3 Å². The van der Waals surface area contributed by atoms with Crippen LogP contribution < -0.4 is 5.32 Å². The first-order valence-corrected chi connectivity index (χ1v) is 11.5. The van der Waals surface area contributed by atoms with Gasteiger partial charge in [-0.15, -0.1) is 0 Å². The summed E-state index contributed by atoms with van der Waals surface area (Å²) in [5, 5.41) is 3.75. The number of sulfonamides is 1. The molecule has 9 heteroatoms. The summed E-state index contributed by atoms with van der Waals surface area (Å²) in [5.41, 5.74) is 2.51. The van der Waals surface area contributed by atoms with Crippen LogP contribution in [-0.4, -0.2) is 56.3 Å². The molecule has 1 aliphatic heterocycles. The maximum Gasteiger partial charge on any atom is 0.243 e. The maximum atomic E-state index is 12.7. The fraction of sp³-hybridized carbons (Fsp3) is 0.300. The number of fused-ring (bicyclic) bond motifs is 1. The van der Waals surface area contributed by atoms with Gasteiger partial charge in [0.05, 0.1) is 34.9 Å². The molecule has 0 atom stereocenters. The standard InChI is InChI=1S/C20H21N3O4S2/c1-14-2-7-17-19(12-14)28-20(22-17)21-13-18(24)15-3-5-16(6-4-15)29(25,26)23-8-10-27-11-9-23/h2-7,12H,8-11,13H2,1H3,(H,21,22). The lowest BCUT2D eigenvalue weighted by atomic mass is 10.1. The van der Waals surface area contributed by atoms with Crippen LogP contribution in [0.25, 0.3) is 10.2 Å². The van der Waals surface area contributed by atoms with Gasteiger partial charge in [-0.1, -0.05) is 17.4 Å². The van der Waals surface area contributed by atoms with E-state index < -0.39 is 10.0 Å². The van der Waals surface area contributed by atoms with Crippen LogP contribution in [0.4, 0.5) is 5.13 Å². The SMILES string of the molecule is Cc1ccc2nc(NCC(=O)c3ccc(S(=O)(=O)N4CCOCC4)cc3)sc2c1. The minimum atomic E-state index is -3.56. The van der Waals surface area contributed by atoms with Crippen LogP contribution in [0.2, 0.25) is 0 Å². The molecule has 1 saturated heterocycles. The Morgan fingerprint density at radius 1 is 1.17 bits per heavy atom. The largest absolute Gasteiger partial charge is 0.379 e. The number of Topliss-reactive ketones (excluding diaryl/α,β-unsaturated/α-hetero) is 1. The van der Waals surface area contributed by atoms with Gasteiger partial charge in [0.2, 0.25) is 10.0 Å². The second kappa shape index (κ2) is 8.19. The predicted octanol–water partition coefficient (Wildman–Crippen LogP) is 2.92. The van der Waals surface area contributed by atoms with Gasteiger partial charge in [-0.3, -0.25) is 4.79 Å². The number of anilines is 1. The molecule has 3 aromatic rings. The minimum Gasteiger partial charge on any atom is -0.379 e. The molecule has 2 heterocycles. The predicted molar refractivity (Wildman–Crippen MR) is 113 cm³/mol. The summed E-state index contributed by atoms with van der Waals surface area (Å²) in [5.74, 6) is -0.129. The highest BCUT2D eigenvalue weighted by molar-refractivity contribution is 7.89. The lowest BCUT2D eigenvalue weighted by Crippen LogP contribution is -2.40. The van der Waals surface area contributed by atoms with Crippen LogP contribution in [-0.2, 0) is 14.8 Å². The van der Waals surface area contributed by atoms with Crippen molar-refractivity contribution in [2.45, 2.75) is 11.8 Å². The van der Waals surface area contributed by atoms with Crippen molar-refractivity contribution >= 4 is 42.5 Å². The van der Waals surface area contributed by atoms with Crippen LogP contribution in [0.1, 0.15) is 15.9 Å². The third-order valence-corrected chi connectivity index (χ3v) is 7.62. The van der Waals surface area contributed by atoms with Gasteiger partial charge >= 0.3 is 0 Å². The molecular formula is C20H21N3O4S2. The second-order valence-corrected chi connectivity index (χ2v) is 9.78. The van der Waals surface area contributed by atoms with E-state index in [9.17, 15) is 13.2 Å². The number of benzene rings is 2. The number of hydrogen-bond donors (Lipinski definition) is 1. The van der Waals surface area contributed by atoms with E-state index in [1.807, 2.05) is 19.1 Å². The Morgan fingerprint density at radius 3 is 2.62 bits per heavy atom. The molecular weight excluding hydrogens is 410 g/mol. The summed E-state index contributed by atoms with van der Waals surface area (Å²) in [7, 11) is -3.56. The molecule has 0 bridgehead atoms. The van der Waals surface area contributed by atoms with Crippen LogP contribution in [0.5, 0.6) is 0 Å². The summed E-state index contributed by atoms with van der Waals surface area (Å²) < 4.78 is 33.0. The lowest BCUT2D eigenvalue weighted by Gasteiger charge is -2.26. The third kappa shape index (κ3) is 4.32. The minimum absolute atomic E-state index is 0.0916. The van der Waals surface area contributed by atoms with Crippen molar-refractivity contribution in [2.75, 3.05) is 38.2 Å². The number of carbonyl (C=O) groups is 1. The number of aromatic nitrogens is 1. The molecule has 0 spiro atoms. The molecule has 7 nitrogen and oxygen atoms in total. The van der Waals surface area contributed by atoms with Crippen LogP contribution in [0.15, 0.2) is 47.4 Å². The molecule has 152 valence electrons. The Balaban J connectivity index is 1.42. The molecule has 0 radical (unpaired) electrons. The Hall–Kier alpha value is -2.33. The van der Waals surface area contributed by atoms with Crippen molar-refractivity contribution in [1.29, 1.82) is 0 Å². The summed E-state index contributed by atoms with van der Waals surface area (Å²) in [6.45, 7) is 3.59. The fourth-order valence-electron chi connectivity index (χ4n) is 3.11. The van der Waals surface area contributed by atoms with E-state index >= 15 is 0 Å². The van der Waals surface area contributed by atoms with E-state index in [4.69, 9.17) is 4.74 Å². The van der Waals surface area contributed by atoms with Crippen molar-refractivity contribution < 1.29 is 17.9 Å². The molecule has 1 N–H and O–H groups in total. The van der Waals surface area contributed by atoms with Gasteiger partial charge in [0.1, 0.15) is 0 Å². The Morgan fingerprint density at radius 2 is 1.90 bits per heavy atom. The summed E-state index contributed by atoms with van der Waals surface area (Å²) in [6.07, 6.45) is 0. The molecule has 0 aliphatic carbocycles. The number of ketones is 1.